The lowest BCUT2D eigenvalue weighted by Crippen LogP contribution is -1.92. The molecule has 0 fully saturated rings. The Morgan fingerprint density at radius 2 is 2.07 bits per heavy atom. The van der Waals surface area contributed by atoms with Crippen molar-refractivity contribution in [3.8, 4) is 17.2 Å². The molecule has 1 aromatic heterocycles. The van der Waals surface area contributed by atoms with Crippen LogP contribution in [-0.4, -0.2) is 19.8 Å². The van der Waals surface area contributed by atoms with Gasteiger partial charge in [-0.2, -0.15) is 0 Å². The van der Waals surface area contributed by atoms with Crippen LogP contribution in [0.3, 0.4) is 0 Å². The Labute approximate surface area is 85.1 Å². The minimum atomic E-state index is 0.0681. The standard InChI is InChI=1S/C9H8N2O2S/c12-6-1-2-8(13)7(5-6)11-4-3-10-9(11)14/h1-5,12-13H,(H,10,14). The van der Waals surface area contributed by atoms with E-state index >= 15 is 0 Å². The molecule has 0 aliphatic carbocycles. The fourth-order valence-corrected chi connectivity index (χ4v) is 1.44. The van der Waals surface area contributed by atoms with Gasteiger partial charge in [-0.25, -0.2) is 0 Å². The molecular formula is C9H8N2O2S. The zero-order chi connectivity index (χ0) is 10.1. The van der Waals surface area contributed by atoms with E-state index in [-0.39, 0.29) is 11.5 Å². The topological polar surface area (TPSA) is 61.2 Å². The van der Waals surface area contributed by atoms with E-state index < -0.39 is 0 Å². The first-order valence-electron chi connectivity index (χ1n) is 3.97. The molecule has 14 heavy (non-hydrogen) atoms. The van der Waals surface area contributed by atoms with Crippen molar-refractivity contribution in [1.82, 2.24) is 9.55 Å². The van der Waals surface area contributed by atoms with Crippen LogP contribution in [0.2, 0.25) is 0 Å². The Morgan fingerprint density at radius 1 is 1.29 bits per heavy atom. The van der Waals surface area contributed by atoms with Crippen molar-refractivity contribution in [3.05, 3.63) is 35.4 Å². The second-order valence-electron chi connectivity index (χ2n) is 2.81. The van der Waals surface area contributed by atoms with Gasteiger partial charge in [-0.05, 0) is 24.4 Å². The van der Waals surface area contributed by atoms with Gasteiger partial charge in [0.1, 0.15) is 11.5 Å². The van der Waals surface area contributed by atoms with Crippen molar-refractivity contribution in [3.63, 3.8) is 0 Å². The SMILES string of the molecule is Oc1ccc(O)c(-n2cc[nH]c2=S)c1. The van der Waals surface area contributed by atoms with E-state index in [1.54, 1.807) is 17.0 Å². The summed E-state index contributed by atoms with van der Waals surface area (Å²) in [6.07, 6.45) is 3.34. The molecule has 1 aromatic carbocycles. The van der Waals surface area contributed by atoms with Crippen molar-refractivity contribution in [2.45, 2.75) is 0 Å². The number of benzene rings is 1. The van der Waals surface area contributed by atoms with Crippen LogP contribution in [0.15, 0.2) is 30.6 Å². The van der Waals surface area contributed by atoms with Crippen molar-refractivity contribution < 1.29 is 10.2 Å². The highest BCUT2D eigenvalue weighted by Gasteiger charge is 2.04. The molecule has 0 bridgehead atoms. The number of imidazole rings is 1. The Balaban J connectivity index is 2.68. The number of aromatic amines is 1. The molecule has 0 atom stereocenters. The van der Waals surface area contributed by atoms with Crippen LogP contribution in [0, 0.1) is 4.77 Å². The molecule has 5 heteroatoms. The van der Waals surface area contributed by atoms with Crippen LogP contribution < -0.4 is 0 Å². The van der Waals surface area contributed by atoms with Gasteiger partial charge < -0.3 is 15.2 Å². The summed E-state index contributed by atoms with van der Waals surface area (Å²) in [7, 11) is 0. The molecule has 72 valence electrons. The first-order valence-corrected chi connectivity index (χ1v) is 4.38. The van der Waals surface area contributed by atoms with E-state index in [0.29, 0.717) is 10.5 Å². The molecule has 0 spiro atoms. The number of hydrogen-bond acceptors (Lipinski definition) is 3. The van der Waals surface area contributed by atoms with E-state index in [0.717, 1.165) is 0 Å². The van der Waals surface area contributed by atoms with Crippen molar-refractivity contribution >= 4 is 12.2 Å². The molecule has 0 amide bonds. The van der Waals surface area contributed by atoms with Gasteiger partial charge in [-0.3, -0.25) is 4.57 Å². The molecule has 1 heterocycles. The first kappa shape index (κ1) is 8.83. The maximum absolute atomic E-state index is 9.54. The van der Waals surface area contributed by atoms with Gasteiger partial charge >= 0.3 is 0 Å². The predicted molar refractivity (Wildman–Crippen MR) is 54.3 cm³/mol. The highest BCUT2D eigenvalue weighted by atomic mass is 32.1. The third-order valence-corrected chi connectivity index (χ3v) is 2.18. The molecule has 0 unspecified atom stereocenters. The zero-order valence-corrected chi connectivity index (χ0v) is 7.95. The molecule has 0 saturated heterocycles. The van der Waals surface area contributed by atoms with Gasteiger partial charge in [-0.1, -0.05) is 0 Å². The number of nitrogens with one attached hydrogen (secondary N) is 1. The minimum Gasteiger partial charge on any atom is -0.508 e. The van der Waals surface area contributed by atoms with Crippen molar-refractivity contribution in [2.24, 2.45) is 0 Å². The summed E-state index contributed by atoms with van der Waals surface area (Å²) in [4.78, 5) is 2.80. The second-order valence-corrected chi connectivity index (χ2v) is 3.19. The quantitative estimate of drug-likeness (QED) is 0.496. The third kappa shape index (κ3) is 1.38. The van der Waals surface area contributed by atoms with E-state index in [1.807, 2.05) is 0 Å². The monoisotopic (exact) mass is 208 g/mol. The Morgan fingerprint density at radius 3 is 2.71 bits per heavy atom. The number of rotatable bonds is 1. The van der Waals surface area contributed by atoms with Crippen LogP contribution in [0.5, 0.6) is 11.5 Å². The maximum Gasteiger partial charge on any atom is 0.181 e. The normalized spacial score (nSPS) is 10.3. The molecule has 0 aliphatic rings. The minimum absolute atomic E-state index is 0.0681. The summed E-state index contributed by atoms with van der Waals surface area (Å²) >= 11 is 4.98. The molecular weight excluding hydrogens is 200 g/mol. The highest BCUT2D eigenvalue weighted by Crippen LogP contribution is 2.25. The lowest BCUT2D eigenvalue weighted by atomic mass is 10.3. The van der Waals surface area contributed by atoms with E-state index in [2.05, 4.69) is 4.98 Å². The van der Waals surface area contributed by atoms with Gasteiger partial charge in [0, 0.05) is 18.5 Å². The van der Waals surface area contributed by atoms with E-state index in [1.165, 1.54) is 18.2 Å². The number of aromatic hydroxyl groups is 2. The van der Waals surface area contributed by atoms with Gasteiger partial charge in [0.05, 0.1) is 5.69 Å². The lowest BCUT2D eigenvalue weighted by Gasteiger charge is -2.05. The zero-order valence-electron chi connectivity index (χ0n) is 7.14. The third-order valence-electron chi connectivity index (χ3n) is 1.87. The molecule has 0 aliphatic heterocycles. The Bertz CT molecular complexity index is 516. The summed E-state index contributed by atoms with van der Waals surface area (Å²) in [5.41, 5.74) is 0.455. The fourth-order valence-electron chi connectivity index (χ4n) is 1.21. The Kier molecular flexibility index (Phi) is 2.01. The number of H-pyrrole nitrogens is 1. The van der Waals surface area contributed by atoms with Crippen LogP contribution >= 0.6 is 12.2 Å². The van der Waals surface area contributed by atoms with Crippen LogP contribution in [0.25, 0.3) is 5.69 Å². The number of phenolic OH excluding ortho intramolecular Hbond substituents is 2. The number of phenols is 2. The largest absolute Gasteiger partial charge is 0.508 e. The molecule has 4 nitrogen and oxygen atoms in total. The van der Waals surface area contributed by atoms with Crippen LogP contribution in [0.4, 0.5) is 0 Å². The summed E-state index contributed by atoms with van der Waals surface area (Å²) in [6.45, 7) is 0. The Hall–Kier alpha value is -1.75. The number of nitrogens with zero attached hydrogens (tertiary/aromatic N) is 1. The maximum atomic E-state index is 9.54. The predicted octanol–water partition coefficient (Wildman–Crippen LogP) is 1.95. The summed E-state index contributed by atoms with van der Waals surface area (Å²) in [6, 6.07) is 4.27. The summed E-state index contributed by atoms with van der Waals surface area (Å²) in [5.74, 6) is 0.152. The van der Waals surface area contributed by atoms with Gasteiger partial charge in [0.2, 0.25) is 0 Å². The second kappa shape index (κ2) is 3.19. The van der Waals surface area contributed by atoms with Crippen molar-refractivity contribution in [2.75, 3.05) is 0 Å². The van der Waals surface area contributed by atoms with Gasteiger partial charge in [0.25, 0.3) is 0 Å². The number of hydrogen-bond donors (Lipinski definition) is 3. The van der Waals surface area contributed by atoms with Crippen LogP contribution in [0.1, 0.15) is 0 Å². The van der Waals surface area contributed by atoms with Crippen LogP contribution in [-0.2, 0) is 0 Å². The molecule has 2 rings (SSSR count). The smallest absolute Gasteiger partial charge is 0.181 e. The number of aromatic nitrogens is 2. The lowest BCUT2D eigenvalue weighted by molar-refractivity contribution is 0.457. The van der Waals surface area contributed by atoms with Gasteiger partial charge in [0.15, 0.2) is 4.77 Å². The first-order chi connectivity index (χ1) is 6.68. The average molecular weight is 208 g/mol. The molecule has 3 N–H and O–H groups in total. The van der Waals surface area contributed by atoms with Crippen molar-refractivity contribution in [1.29, 1.82) is 0 Å². The molecule has 2 aromatic rings. The molecule has 0 radical (unpaired) electrons. The fraction of sp³-hybridized carbons (Fsp3) is 0. The molecule has 0 saturated carbocycles. The van der Waals surface area contributed by atoms with E-state index in [4.69, 9.17) is 12.2 Å². The highest BCUT2D eigenvalue weighted by molar-refractivity contribution is 7.71. The average Bonchev–Trinajstić information content (AvgIpc) is 2.56. The van der Waals surface area contributed by atoms with Gasteiger partial charge in [-0.15, -0.1) is 0 Å². The van der Waals surface area contributed by atoms with E-state index in [9.17, 15) is 10.2 Å². The summed E-state index contributed by atoms with van der Waals surface area (Å²) < 4.78 is 2.04. The summed E-state index contributed by atoms with van der Waals surface area (Å²) in [5, 5.41) is 18.8.